The molecule has 0 unspecified atom stereocenters. The van der Waals surface area contributed by atoms with Crippen LogP contribution in [0.3, 0.4) is 0 Å². The molecule has 1 aliphatic carbocycles. The molecule has 3 nitrogen and oxygen atoms in total. The molecule has 1 fully saturated rings. The third-order valence-electron chi connectivity index (χ3n) is 3.23. The van der Waals surface area contributed by atoms with Crippen molar-refractivity contribution in [1.82, 2.24) is 5.32 Å². The maximum absolute atomic E-state index is 12.0. The molecule has 1 aromatic rings. The lowest BCUT2D eigenvalue weighted by Gasteiger charge is -2.28. The topological polar surface area (TPSA) is 49.3 Å². The van der Waals surface area contributed by atoms with E-state index in [-0.39, 0.29) is 11.9 Å². The Hall–Kier alpha value is -0.580. The van der Waals surface area contributed by atoms with Gasteiger partial charge in [0.25, 0.3) is 5.91 Å². The largest absolute Gasteiger partial charge is 0.391 e. The molecule has 0 saturated heterocycles. The van der Waals surface area contributed by atoms with Gasteiger partial charge >= 0.3 is 0 Å². The second-order valence-corrected chi connectivity index (χ2v) is 5.82. The van der Waals surface area contributed by atoms with Gasteiger partial charge in [0.15, 0.2) is 0 Å². The van der Waals surface area contributed by atoms with Crippen molar-refractivity contribution in [3.8, 4) is 0 Å². The highest BCUT2D eigenvalue weighted by Crippen LogP contribution is 2.24. The molecule has 2 atom stereocenters. The van der Waals surface area contributed by atoms with E-state index in [1.807, 2.05) is 0 Å². The molecule has 2 N–H and O–H groups in total. The van der Waals surface area contributed by atoms with E-state index in [0.717, 1.165) is 25.7 Å². The number of amides is 1. The van der Waals surface area contributed by atoms with Crippen molar-refractivity contribution in [2.24, 2.45) is 0 Å². The number of hydrogen-bond acceptors (Lipinski definition) is 2. The Morgan fingerprint density at radius 3 is 2.78 bits per heavy atom. The normalized spacial score (nSPS) is 23.7. The zero-order valence-corrected chi connectivity index (χ0v) is 12.2. The highest BCUT2D eigenvalue weighted by molar-refractivity contribution is 9.10. The highest BCUT2D eigenvalue weighted by Gasteiger charge is 2.24. The van der Waals surface area contributed by atoms with Crippen LogP contribution in [-0.4, -0.2) is 23.2 Å². The summed E-state index contributed by atoms with van der Waals surface area (Å²) in [5.41, 5.74) is 0.545. The van der Waals surface area contributed by atoms with Gasteiger partial charge in [-0.15, -0.1) is 0 Å². The summed E-state index contributed by atoms with van der Waals surface area (Å²) in [7, 11) is 0. The number of aliphatic hydroxyl groups is 1. The zero-order chi connectivity index (χ0) is 13.1. The smallest absolute Gasteiger partial charge is 0.251 e. The molecular formula is C13H15BrClNO2. The Bertz CT molecular complexity index is 453. The van der Waals surface area contributed by atoms with Crippen LogP contribution in [0.5, 0.6) is 0 Å². The summed E-state index contributed by atoms with van der Waals surface area (Å²) in [6.45, 7) is 0. The van der Waals surface area contributed by atoms with Gasteiger partial charge in [-0.25, -0.2) is 0 Å². The Labute approximate surface area is 120 Å². The van der Waals surface area contributed by atoms with E-state index in [0.29, 0.717) is 15.1 Å². The minimum atomic E-state index is -0.432. The van der Waals surface area contributed by atoms with Crippen molar-refractivity contribution in [2.45, 2.75) is 37.8 Å². The average molecular weight is 333 g/mol. The van der Waals surface area contributed by atoms with E-state index in [4.69, 9.17) is 11.6 Å². The average Bonchev–Trinajstić information content (AvgIpc) is 2.35. The van der Waals surface area contributed by atoms with Gasteiger partial charge in [0, 0.05) is 10.0 Å². The SMILES string of the molecule is O=C(N[C@H]1CCCC[C@@H]1O)c1ccc(Cl)c(Br)c1. The molecule has 1 saturated carbocycles. The lowest BCUT2D eigenvalue weighted by Crippen LogP contribution is -2.45. The van der Waals surface area contributed by atoms with Gasteiger partial charge in [-0.05, 0) is 47.0 Å². The van der Waals surface area contributed by atoms with Crippen molar-refractivity contribution in [1.29, 1.82) is 0 Å². The molecule has 1 amide bonds. The molecule has 18 heavy (non-hydrogen) atoms. The number of carbonyl (C=O) groups excluding carboxylic acids is 1. The lowest BCUT2D eigenvalue weighted by molar-refractivity contribution is 0.0717. The Kier molecular flexibility index (Phi) is 4.65. The highest BCUT2D eigenvalue weighted by atomic mass is 79.9. The maximum Gasteiger partial charge on any atom is 0.251 e. The van der Waals surface area contributed by atoms with Crippen molar-refractivity contribution in [2.75, 3.05) is 0 Å². The summed E-state index contributed by atoms with van der Waals surface area (Å²) in [5, 5.41) is 13.3. The zero-order valence-electron chi connectivity index (χ0n) is 9.83. The number of carbonyl (C=O) groups is 1. The number of benzene rings is 1. The van der Waals surface area contributed by atoms with Crippen LogP contribution in [0.2, 0.25) is 5.02 Å². The lowest BCUT2D eigenvalue weighted by atomic mass is 9.92. The second kappa shape index (κ2) is 6.04. The summed E-state index contributed by atoms with van der Waals surface area (Å²) in [6.07, 6.45) is 3.24. The number of hydrogen-bond donors (Lipinski definition) is 2. The van der Waals surface area contributed by atoms with Crippen molar-refractivity contribution < 1.29 is 9.90 Å². The standard InChI is InChI=1S/C13H15BrClNO2/c14-9-7-8(5-6-10(9)15)13(18)16-11-3-1-2-4-12(11)17/h5-7,11-12,17H,1-4H2,(H,16,18)/t11-,12-/m0/s1. The third kappa shape index (κ3) is 3.25. The quantitative estimate of drug-likeness (QED) is 0.874. The summed E-state index contributed by atoms with van der Waals surface area (Å²) < 4.78 is 0.695. The molecule has 98 valence electrons. The predicted molar refractivity (Wildman–Crippen MR) is 74.9 cm³/mol. The number of halogens is 2. The van der Waals surface area contributed by atoms with Gasteiger partial charge in [0.2, 0.25) is 0 Å². The van der Waals surface area contributed by atoms with Gasteiger partial charge in [0.1, 0.15) is 0 Å². The van der Waals surface area contributed by atoms with Gasteiger partial charge < -0.3 is 10.4 Å². The molecule has 1 aromatic carbocycles. The Morgan fingerprint density at radius 2 is 2.11 bits per heavy atom. The first-order valence-corrected chi connectivity index (χ1v) is 7.19. The summed E-state index contributed by atoms with van der Waals surface area (Å²) in [6, 6.07) is 4.91. The monoisotopic (exact) mass is 331 g/mol. The number of aliphatic hydroxyl groups excluding tert-OH is 1. The second-order valence-electron chi connectivity index (χ2n) is 4.56. The van der Waals surface area contributed by atoms with Crippen LogP contribution in [0.4, 0.5) is 0 Å². The van der Waals surface area contributed by atoms with Crippen LogP contribution < -0.4 is 5.32 Å². The van der Waals surface area contributed by atoms with Crippen LogP contribution in [0, 0.1) is 0 Å². The molecule has 5 heteroatoms. The number of nitrogens with one attached hydrogen (secondary N) is 1. The van der Waals surface area contributed by atoms with Crippen molar-refractivity contribution in [3.63, 3.8) is 0 Å². The predicted octanol–water partition coefficient (Wildman–Crippen LogP) is 3.14. The van der Waals surface area contributed by atoms with E-state index in [2.05, 4.69) is 21.2 Å². The van der Waals surface area contributed by atoms with Gasteiger partial charge in [-0.2, -0.15) is 0 Å². The summed E-state index contributed by atoms with van der Waals surface area (Å²) in [5.74, 6) is -0.168. The number of rotatable bonds is 2. The van der Waals surface area contributed by atoms with Gasteiger partial charge in [-0.3, -0.25) is 4.79 Å². The first-order valence-electron chi connectivity index (χ1n) is 6.02. The first kappa shape index (κ1) is 13.8. The van der Waals surface area contributed by atoms with Crippen LogP contribution >= 0.6 is 27.5 Å². The van der Waals surface area contributed by atoms with Crippen LogP contribution in [0.25, 0.3) is 0 Å². The molecule has 0 bridgehead atoms. The van der Waals surface area contributed by atoms with Crippen molar-refractivity contribution >= 4 is 33.4 Å². The minimum absolute atomic E-state index is 0.138. The van der Waals surface area contributed by atoms with Crippen LogP contribution in [0.15, 0.2) is 22.7 Å². The molecular weight excluding hydrogens is 318 g/mol. The van der Waals surface area contributed by atoms with E-state index in [9.17, 15) is 9.90 Å². The molecule has 1 aliphatic rings. The van der Waals surface area contributed by atoms with Crippen LogP contribution in [0.1, 0.15) is 36.0 Å². The van der Waals surface area contributed by atoms with Gasteiger partial charge in [-0.1, -0.05) is 24.4 Å². The van der Waals surface area contributed by atoms with E-state index in [1.165, 1.54) is 0 Å². The molecule has 0 aliphatic heterocycles. The first-order chi connectivity index (χ1) is 8.58. The van der Waals surface area contributed by atoms with Gasteiger partial charge in [0.05, 0.1) is 17.2 Å². The third-order valence-corrected chi connectivity index (χ3v) is 4.44. The van der Waals surface area contributed by atoms with Crippen molar-refractivity contribution in [3.05, 3.63) is 33.3 Å². The van der Waals surface area contributed by atoms with E-state index in [1.54, 1.807) is 18.2 Å². The fourth-order valence-electron chi connectivity index (χ4n) is 2.17. The molecule has 0 aromatic heterocycles. The fourth-order valence-corrected chi connectivity index (χ4v) is 2.67. The fraction of sp³-hybridized carbons (Fsp3) is 0.462. The molecule has 0 spiro atoms. The molecule has 2 rings (SSSR count). The van der Waals surface area contributed by atoms with E-state index >= 15 is 0 Å². The maximum atomic E-state index is 12.0. The minimum Gasteiger partial charge on any atom is -0.391 e. The molecule has 0 radical (unpaired) electrons. The van der Waals surface area contributed by atoms with E-state index < -0.39 is 6.10 Å². The Balaban J connectivity index is 2.04. The summed E-state index contributed by atoms with van der Waals surface area (Å²) in [4.78, 5) is 12.0. The summed E-state index contributed by atoms with van der Waals surface area (Å²) >= 11 is 9.17. The Morgan fingerprint density at radius 1 is 1.39 bits per heavy atom. The van der Waals surface area contributed by atoms with Crippen LogP contribution in [-0.2, 0) is 0 Å². The molecule has 0 heterocycles.